The molecule has 100 valence electrons. The van der Waals surface area contributed by atoms with Crippen molar-refractivity contribution in [2.24, 2.45) is 0 Å². The number of hydrogen-bond donors (Lipinski definition) is 0. The van der Waals surface area contributed by atoms with Gasteiger partial charge in [0.25, 0.3) is 10.1 Å². The fourth-order valence-corrected chi connectivity index (χ4v) is 3.49. The third kappa shape index (κ3) is 4.54. The Hall–Kier alpha value is -0.170. The first kappa shape index (κ1) is 13.3. The van der Waals surface area contributed by atoms with Crippen molar-refractivity contribution in [1.29, 1.82) is 0 Å². The normalized spacial score (nSPS) is 24.2. The second-order valence-corrected chi connectivity index (χ2v) is 6.43. The quantitative estimate of drug-likeness (QED) is 0.680. The predicted molar refractivity (Wildman–Crippen MR) is 64.4 cm³/mol. The molecular weight excluding hydrogens is 242 g/mol. The molecule has 0 aromatic heterocycles. The largest absolute Gasteiger partial charge is 0.379 e. The van der Waals surface area contributed by atoms with Gasteiger partial charge in [-0.25, -0.2) is 0 Å². The Morgan fingerprint density at radius 2 is 1.82 bits per heavy atom. The summed E-state index contributed by atoms with van der Waals surface area (Å²) in [5.74, 6) is 0.101. The summed E-state index contributed by atoms with van der Waals surface area (Å²) in [6, 6.07) is 0. The second-order valence-electron chi connectivity index (χ2n) is 4.72. The van der Waals surface area contributed by atoms with Crippen molar-refractivity contribution in [2.45, 2.75) is 31.8 Å². The molecule has 0 amide bonds. The second kappa shape index (κ2) is 6.13. The molecule has 0 radical (unpaired) electrons. The summed E-state index contributed by atoms with van der Waals surface area (Å²) in [7, 11) is -3.35. The van der Waals surface area contributed by atoms with Crippen LogP contribution >= 0.6 is 0 Å². The molecule has 17 heavy (non-hydrogen) atoms. The molecule has 0 aromatic carbocycles. The maximum Gasteiger partial charge on any atom is 0.268 e. The van der Waals surface area contributed by atoms with Crippen LogP contribution in [0, 0.1) is 0 Å². The monoisotopic (exact) mass is 263 g/mol. The van der Waals surface area contributed by atoms with Crippen LogP contribution < -0.4 is 0 Å². The standard InChI is InChI=1S/C11H21NO4S/c13-17(14,16-11-3-1-2-4-11)10-7-12-5-8-15-9-6-12/h11H,1-10H2. The van der Waals surface area contributed by atoms with Gasteiger partial charge in [-0.3, -0.25) is 9.08 Å². The molecule has 0 spiro atoms. The Morgan fingerprint density at radius 1 is 1.18 bits per heavy atom. The van der Waals surface area contributed by atoms with Crippen LogP contribution in [-0.2, 0) is 19.0 Å². The molecule has 0 bridgehead atoms. The highest BCUT2D eigenvalue weighted by molar-refractivity contribution is 7.86. The third-order valence-corrected chi connectivity index (χ3v) is 4.59. The highest BCUT2D eigenvalue weighted by Gasteiger charge is 2.23. The maximum atomic E-state index is 11.7. The van der Waals surface area contributed by atoms with Crippen LogP contribution in [0.15, 0.2) is 0 Å². The van der Waals surface area contributed by atoms with Crippen LogP contribution in [0.25, 0.3) is 0 Å². The molecule has 1 aliphatic carbocycles. The van der Waals surface area contributed by atoms with Gasteiger partial charge in [0.15, 0.2) is 0 Å². The molecule has 1 heterocycles. The summed E-state index contributed by atoms with van der Waals surface area (Å²) in [6.07, 6.45) is 3.88. The highest BCUT2D eigenvalue weighted by Crippen LogP contribution is 2.22. The molecule has 0 aromatic rings. The van der Waals surface area contributed by atoms with Gasteiger partial charge in [0, 0.05) is 19.6 Å². The Morgan fingerprint density at radius 3 is 2.47 bits per heavy atom. The van der Waals surface area contributed by atoms with Crippen molar-refractivity contribution in [2.75, 3.05) is 38.6 Å². The van der Waals surface area contributed by atoms with Crippen molar-refractivity contribution >= 4 is 10.1 Å². The average molecular weight is 263 g/mol. The Labute approximate surface area is 103 Å². The smallest absolute Gasteiger partial charge is 0.268 e. The van der Waals surface area contributed by atoms with Crippen LogP contribution in [0.3, 0.4) is 0 Å². The lowest BCUT2D eigenvalue weighted by Gasteiger charge is -2.26. The minimum absolute atomic E-state index is 0.0651. The molecule has 2 rings (SSSR count). The summed E-state index contributed by atoms with van der Waals surface area (Å²) >= 11 is 0. The number of morpholine rings is 1. The van der Waals surface area contributed by atoms with Crippen LogP contribution in [0.1, 0.15) is 25.7 Å². The zero-order valence-electron chi connectivity index (χ0n) is 10.1. The van der Waals surface area contributed by atoms with E-state index in [2.05, 4.69) is 4.90 Å². The molecule has 2 fully saturated rings. The number of hydrogen-bond acceptors (Lipinski definition) is 5. The number of rotatable bonds is 5. The highest BCUT2D eigenvalue weighted by atomic mass is 32.2. The molecule has 6 heteroatoms. The van der Waals surface area contributed by atoms with Gasteiger partial charge in [0.1, 0.15) is 0 Å². The molecule has 0 unspecified atom stereocenters. The first-order valence-electron chi connectivity index (χ1n) is 6.37. The molecule has 1 aliphatic heterocycles. The maximum absolute atomic E-state index is 11.7. The first-order valence-corrected chi connectivity index (χ1v) is 7.94. The fourth-order valence-electron chi connectivity index (χ4n) is 2.31. The molecule has 1 saturated heterocycles. The number of nitrogens with zero attached hydrogens (tertiary/aromatic N) is 1. The predicted octanol–water partition coefficient (Wildman–Crippen LogP) is 0.608. The summed E-state index contributed by atoms with van der Waals surface area (Å²) in [5, 5.41) is 0. The molecule has 2 aliphatic rings. The van der Waals surface area contributed by atoms with Gasteiger partial charge in [0.2, 0.25) is 0 Å². The molecule has 0 atom stereocenters. The van der Waals surface area contributed by atoms with Gasteiger partial charge >= 0.3 is 0 Å². The average Bonchev–Trinajstić information content (AvgIpc) is 2.80. The molecular formula is C11H21NO4S. The van der Waals surface area contributed by atoms with Crippen molar-refractivity contribution in [3.05, 3.63) is 0 Å². The van der Waals surface area contributed by atoms with E-state index in [0.29, 0.717) is 19.8 Å². The van der Waals surface area contributed by atoms with Crippen LogP contribution in [0.4, 0.5) is 0 Å². The fraction of sp³-hybridized carbons (Fsp3) is 1.00. The van der Waals surface area contributed by atoms with E-state index in [9.17, 15) is 8.42 Å². The minimum atomic E-state index is -3.35. The SMILES string of the molecule is O=S(=O)(CCN1CCOCC1)OC1CCCC1. The van der Waals surface area contributed by atoms with E-state index in [1.807, 2.05) is 0 Å². The van der Waals surface area contributed by atoms with Crippen LogP contribution in [0.5, 0.6) is 0 Å². The third-order valence-electron chi connectivity index (χ3n) is 3.35. The van der Waals surface area contributed by atoms with Crippen molar-refractivity contribution in [3.63, 3.8) is 0 Å². The lowest BCUT2D eigenvalue weighted by molar-refractivity contribution is 0.0404. The lowest BCUT2D eigenvalue weighted by Crippen LogP contribution is -2.39. The van der Waals surface area contributed by atoms with Crippen molar-refractivity contribution in [1.82, 2.24) is 4.90 Å². The molecule has 0 N–H and O–H groups in total. The van der Waals surface area contributed by atoms with E-state index in [0.717, 1.165) is 38.8 Å². The number of ether oxygens (including phenoxy) is 1. The molecule has 5 nitrogen and oxygen atoms in total. The van der Waals surface area contributed by atoms with Gasteiger partial charge in [-0.15, -0.1) is 0 Å². The summed E-state index contributed by atoms with van der Waals surface area (Å²) < 4.78 is 33.9. The Kier molecular flexibility index (Phi) is 4.78. The summed E-state index contributed by atoms with van der Waals surface area (Å²) in [6.45, 7) is 3.59. The molecule has 1 saturated carbocycles. The minimum Gasteiger partial charge on any atom is -0.379 e. The van der Waals surface area contributed by atoms with Crippen LogP contribution in [0.2, 0.25) is 0 Å². The lowest BCUT2D eigenvalue weighted by atomic mass is 10.3. The van der Waals surface area contributed by atoms with Gasteiger partial charge in [-0.05, 0) is 12.8 Å². The van der Waals surface area contributed by atoms with E-state index < -0.39 is 10.1 Å². The summed E-state index contributed by atoms with van der Waals surface area (Å²) in [5.41, 5.74) is 0. The van der Waals surface area contributed by atoms with E-state index >= 15 is 0 Å². The van der Waals surface area contributed by atoms with E-state index in [1.54, 1.807) is 0 Å². The van der Waals surface area contributed by atoms with Crippen LogP contribution in [-0.4, -0.2) is 58.0 Å². The first-order chi connectivity index (χ1) is 8.16. The van der Waals surface area contributed by atoms with Gasteiger partial charge in [-0.2, -0.15) is 8.42 Å². The van der Waals surface area contributed by atoms with Gasteiger partial charge in [0.05, 0.1) is 25.1 Å². The topological polar surface area (TPSA) is 55.8 Å². The Balaban J connectivity index is 1.72. The summed E-state index contributed by atoms with van der Waals surface area (Å²) in [4.78, 5) is 2.11. The zero-order chi connectivity index (χ0) is 12.1. The Bertz CT molecular complexity index is 318. The van der Waals surface area contributed by atoms with Gasteiger partial charge < -0.3 is 4.74 Å². The van der Waals surface area contributed by atoms with E-state index in [4.69, 9.17) is 8.92 Å². The zero-order valence-corrected chi connectivity index (χ0v) is 11.0. The van der Waals surface area contributed by atoms with E-state index in [-0.39, 0.29) is 11.9 Å². The van der Waals surface area contributed by atoms with Crippen molar-refractivity contribution in [3.8, 4) is 0 Å². The van der Waals surface area contributed by atoms with Crippen molar-refractivity contribution < 1.29 is 17.3 Å². The van der Waals surface area contributed by atoms with E-state index in [1.165, 1.54) is 0 Å². The van der Waals surface area contributed by atoms with Gasteiger partial charge in [-0.1, -0.05) is 12.8 Å².